The van der Waals surface area contributed by atoms with Crippen molar-refractivity contribution in [1.82, 2.24) is 14.8 Å². The zero-order valence-corrected chi connectivity index (χ0v) is 29.2. The van der Waals surface area contributed by atoms with Crippen LogP contribution in [0.25, 0.3) is 27.5 Å². The van der Waals surface area contributed by atoms with Crippen LogP contribution >= 0.6 is 10.0 Å². The Morgan fingerprint density at radius 2 is 1.04 bits per heavy atom. The SMILES string of the molecule is CN1C(c2ccccc2)=NC(S(c2ccccc2)(c2ccccc2)c2ccc3c(c2)c2ccccc2n3-c2ccccc2)NC1c1ccccc1. The summed E-state index contributed by atoms with van der Waals surface area (Å²) in [6, 6.07) is 70.1. The lowest BCUT2D eigenvalue weighted by Gasteiger charge is -2.50. The average Bonchev–Trinajstić information content (AvgIpc) is 3.54. The van der Waals surface area contributed by atoms with Crippen molar-refractivity contribution in [3.05, 3.63) is 205 Å². The Bertz CT molecular complexity index is 2420. The van der Waals surface area contributed by atoms with Crippen LogP contribution in [-0.4, -0.2) is 27.8 Å². The van der Waals surface area contributed by atoms with E-state index in [-0.39, 0.29) is 11.7 Å². The number of nitrogens with zero attached hydrogens (tertiary/aromatic N) is 3. The lowest BCUT2D eigenvalue weighted by atomic mass is 10.1. The summed E-state index contributed by atoms with van der Waals surface area (Å²) < 4.78 is 2.39. The minimum atomic E-state index is -2.09. The Kier molecular flexibility index (Phi) is 8.00. The molecule has 1 aromatic heterocycles. The van der Waals surface area contributed by atoms with Crippen LogP contribution < -0.4 is 5.32 Å². The maximum absolute atomic E-state index is 5.77. The average molecular weight is 679 g/mol. The number of aliphatic imine (C=N–C) groups is 1. The number of aromatic nitrogens is 1. The van der Waals surface area contributed by atoms with Gasteiger partial charge < -0.3 is 9.47 Å². The summed E-state index contributed by atoms with van der Waals surface area (Å²) in [5, 5.41) is 6.61. The standard InChI is InChI=1S/C46H38N4S/c1-49-44(34-19-7-2-8-20-34)47-46(48-45(49)35-21-9-3-10-22-35)51(37-25-13-5-14-26-37,38-27-15-6-16-28-38)39-31-32-43-41(33-39)40-29-17-18-30-42(40)50(43)36-23-11-4-12-24-36/h2-33,44,46-47H,1H3. The molecule has 2 heterocycles. The van der Waals surface area contributed by atoms with E-state index in [0.717, 1.165) is 17.1 Å². The maximum Gasteiger partial charge on any atom is 0.147 e. The third-order valence-corrected chi connectivity index (χ3v) is 13.9. The molecule has 248 valence electrons. The van der Waals surface area contributed by atoms with Gasteiger partial charge in [0.1, 0.15) is 17.5 Å². The van der Waals surface area contributed by atoms with Crippen LogP contribution in [0, 0.1) is 0 Å². The van der Waals surface area contributed by atoms with E-state index in [1.807, 2.05) is 0 Å². The molecule has 7 aromatic carbocycles. The molecule has 2 unspecified atom stereocenters. The van der Waals surface area contributed by atoms with Gasteiger partial charge in [-0.3, -0.25) is 5.32 Å². The number of hydrogen-bond acceptors (Lipinski definition) is 3. The highest BCUT2D eigenvalue weighted by molar-refractivity contribution is 8.34. The first-order valence-corrected chi connectivity index (χ1v) is 19.1. The number of amidine groups is 1. The number of fused-ring (bicyclic) bond motifs is 3. The third-order valence-electron chi connectivity index (χ3n) is 10.0. The normalized spacial score (nSPS) is 16.6. The van der Waals surface area contributed by atoms with Crippen LogP contribution in [0.5, 0.6) is 0 Å². The van der Waals surface area contributed by atoms with Crippen LogP contribution in [0.2, 0.25) is 0 Å². The summed E-state index contributed by atoms with van der Waals surface area (Å²) in [5.41, 5.74) is 5.54. The van der Waals surface area contributed by atoms with Gasteiger partial charge in [-0.1, -0.05) is 133 Å². The van der Waals surface area contributed by atoms with Crippen molar-refractivity contribution in [2.24, 2.45) is 4.99 Å². The minimum absolute atomic E-state index is 0.105. The Hall–Kier alpha value is -5.88. The van der Waals surface area contributed by atoms with Gasteiger partial charge in [0.2, 0.25) is 0 Å². The van der Waals surface area contributed by atoms with Crippen molar-refractivity contribution in [3.8, 4) is 5.69 Å². The predicted octanol–water partition coefficient (Wildman–Crippen LogP) is 11.0. The third kappa shape index (κ3) is 5.25. The minimum Gasteiger partial charge on any atom is -0.340 e. The molecule has 0 amide bonds. The second-order valence-corrected chi connectivity index (χ2v) is 16.1. The van der Waals surface area contributed by atoms with Crippen molar-refractivity contribution in [1.29, 1.82) is 0 Å². The molecular weight excluding hydrogens is 641 g/mol. The highest BCUT2D eigenvalue weighted by atomic mass is 32.3. The number of para-hydroxylation sites is 2. The Labute approximate surface area is 300 Å². The quantitative estimate of drug-likeness (QED) is 0.182. The molecule has 0 fully saturated rings. The Morgan fingerprint density at radius 3 is 1.69 bits per heavy atom. The van der Waals surface area contributed by atoms with Gasteiger partial charge in [0.05, 0.1) is 11.0 Å². The number of hydrogen-bond donors (Lipinski definition) is 1. The zero-order valence-electron chi connectivity index (χ0n) is 28.4. The van der Waals surface area contributed by atoms with Crippen LogP contribution in [0.15, 0.2) is 214 Å². The van der Waals surface area contributed by atoms with Crippen molar-refractivity contribution < 1.29 is 0 Å². The molecule has 1 aliphatic heterocycles. The second-order valence-electron chi connectivity index (χ2n) is 12.9. The first kappa shape index (κ1) is 31.1. The fraction of sp³-hybridized carbons (Fsp3) is 0.0652. The van der Waals surface area contributed by atoms with Crippen LogP contribution in [0.4, 0.5) is 0 Å². The highest BCUT2D eigenvalue weighted by Crippen LogP contribution is 2.72. The Morgan fingerprint density at radius 1 is 0.510 bits per heavy atom. The molecule has 51 heavy (non-hydrogen) atoms. The molecule has 0 saturated carbocycles. The Balaban J connectivity index is 1.37. The van der Waals surface area contributed by atoms with Gasteiger partial charge in [-0.05, 0) is 66.2 Å². The maximum atomic E-state index is 5.77. The van der Waals surface area contributed by atoms with Crippen molar-refractivity contribution in [2.45, 2.75) is 26.4 Å². The second kappa shape index (κ2) is 13.1. The molecule has 0 radical (unpaired) electrons. The van der Waals surface area contributed by atoms with E-state index in [0.29, 0.717) is 0 Å². The lowest BCUT2D eigenvalue weighted by Crippen LogP contribution is -2.50. The van der Waals surface area contributed by atoms with E-state index in [2.05, 4.69) is 216 Å². The van der Waals surface area contributed by atoms with Crippen LogP contribution in [0.3, 0.4) is 0 Å². The summed E-state index contributed by atoms with van der Waals surface area (Å²) in [4.78, 5) is 11.8. The fourth-order valence-corrected chi connectivity index (χ4v) is 11.6. The monoisotopic (exact) mass is 678 g/mol. The molecule has 0 spiro atoms. The smallest absolute Gasteiger partial charge is 0.147 e. The molecule has 1 aliphatic rings. The molecule has 0 saturated heterocycles. The van der Waals surface area contributed by atoms with Gasteiger partial charge in [-0.15, -0.1) is 10.0 Å². The van der Waals surface area contributed by atoms with Crippen molar-refractivity contribution in [3.63, 3.8) is 0 Å². The fourth-order valence-electron chi connectivity index (χ4n) is 7.68. The van der Waals surface area contributed by atoms with E-state index in [9.17, 15) is 0 Å². The van der Waals surface area contributed by atoms with E-state index in [1.54, 1.807) is 0 Å². The summed E-state index contributed by atoms with van der Waals surface area (Å²) >= 11 is 0. The van der Waals surface area contributed by atoms with Gasteiger partial charge in [-0.25, -0.2) is 4.99 Å². The zero-order chi connectivity index (χ0) is 34.2. The van der Waals surface area contributed by atoms with Gasteiger partial charge in [0.15, 0.2) is 0 Å². The number of benzene rings is 7. The van der Waals surface area contributed by atoms with Crippen LogP contribution in [-0.2, 0) is 0 Å². The summed E-state index contributed by atoms with van der Waals surface area (Å²) in [6.45, 7) is 0. The molecule has 9 rings (SSSR count). The lowest BCUT2D eigenvalue weighted by molar-refractivity contribution is 0.284. The van der Waals surface area contributed by atoms with Gasteiger partial charge >= 0.3 is 0 Å². The van der Waals surface area contributed by atoms with E-state index < -0.39 is 10.0 Å². The molecule has 8 aromatic rings. The first-order valence-electron chi connectivity index (χ1n) is 17.4. The molecule has 5 heteroatoms. The first-order chi connectivity index (χ1) is 25.2. The summed E-state index contributed by atoms with van der Waals surface area (Å²) in [5.74, 6) is 0.971. The largest absolute Gasteiger partial charge is 0.340 e. The summed E-state index contributed by atoms with van der Waals surface area (Å²) in [7, 11) is 0.0624. The molecule has 2 atom stereocenters. The molecule has 0 aliphatic carbocycles. The van der Waals surface area contributed by atoms with Crippen molar-refractivity contribution in [2.75, 3.05) is 7.05 Å². The number of nitrogens with one attached hydrogen (secondary N) is 1. The molecule has 1 N–H and O–H groups in total. The van der Waals surface area contributed by atoms with E-state index >= 15 is 0 Å². The van der Waals surface area contributed by atoms with Crippen LogP contribution in [0.1, 0.15) is 17.3 Å². The summed E-state index contributed by atoms with van der Waals surface area (Å²) in [6.07, 6.45) is -0.105. The van der Waals surface area contributed by atoms with Gasteiger partial charge in [0.25, 0.3) is 0 Å². The topological polar surface area (TPSA) is 32.6 Å². The van der Waals surface area contributed by atoms with Gasteiger partial charge in [-0.2, -0.15) is 0 Å². The van der Waals surface area contributed by atoms with E-state index in [4.69, 9.17) is 4.99 Å². The predicted molar refractivity (Wildman–Crippen MR) is 213 cm³/mol. The highest BCUT2D eigenvalue weighted by Gasteiger charge is 2.44. The molecule has 0 bridgehead atoms. The molecular formula is C46H38N4S. The van der Waals surface area contributed by atoms with Gasteiger partial charge in [0, 0.05) is 43.8 Å². The number of rotatable bonds is 7. The van der Waals surface area contributed by atoms with Crippen molar-refractivity contribution >= 4 is 37.7 Å². The molecule has 4 nitrogen and oxygen atoms in total. The van der Waals surface area contributed by atoms with E-state index in [1.165, 1.54) is 42.1 Å².